The Hall–Kier alpha value is -2.99. The van der Waals surface area contributed by atoms with Gasteiger partial charge < -0.3 is 9.47 Å². The Balaban J connectivity index is 2.38. The van der Waals surface area contributed by atoms with E-state index in [1.54, 1.807) is 6.92 Å². The van der Waals surface area contributed by atoms with E-state index in [4.69, 9.17) is 15.9 Å². The minimum atomic E-state index is -1.25. The molecule has 0 fully saturated rings. The van der Waals surface area contributed by atoms with Gasteiger partial charge in [0.05, 0.1) is 11.0 Å². The van der Waals surface area contributed by atoms with E-state index in [0.717, 1.165) is 11.1 Å². The fourth-order valence-corrected chi connectivity index (χ4v) is 2.88. The number of carbonyl (C=O) groups excluding carboxylic acids is 1. The number of hydrogen-bond donors (Lipinski definition) is 0. The normalized spacial score (nSPS) is 14.0. The third-order valence-corrected chi connectivity index (χ3v) is 4.99. The van der Waals surface area contributed by atoms with Crippen LogP contribution >= 0.6 is 0 Å². The molecular formula is C28H34O3. The van der Waals surface area contributed by atoms with E-state index in [2.05, 4.69) is 26.7 Å². The lowest BCUT2D eigenvalue weighted by Gasteiger charge is -2.31. The molecule has 2 aromatic rings. The van der Waals surface area contributed by atoms with Gasteiger partial charge in [0.1, 0.15) is 12.4 Å². The second-order valence-corrected chi connectivity index (χ2v) is 9.90. The Labute approximate surface area is 187 Å². The number of hydrogen-bond acceptors (Lipinski definition) is 3. The number of ether oxygens (including phenoxy) is 2. The molecule has 1 atom stereocenters. The summed E-state index contributed by atoms with van der Waals surface area (Å²) in [7, 11) is 0. The van der Waals surface area contributed by atoms with E-state index in [9.17, 15) is 4.79 Å². The summed E-state index contributed by atoms with van der Waals surface area (Å²) in [5.74, 6) is 2.94. The van der Waals surface area contributed by atoms with Crippen molar-refractivity contribution in [2.75, 3.05) is 6.61 Å². The van der Waals surface area contributed by atoms with Crippen molar-refractivity contribution in [3.63, 3.8) is 0 Å². The first kappa shape index (κ1) is 24.3. The molecule has 0 heterocycles. The average Bonchev–Trinajstić information content (AvgIpc) is 2.70. The maximum Gasteiger partial charge on any atom is 0.313 e. The Morgan fingerprint density at radius 2 is 1.65 bits per heavy atom. The van der Waals surface area contributed by atoms with Crippen LogP contribution in [0, 0.1) is 17.8 Å². The van der Waals surface area contributed by atoms with Gasteiger partial charge in [-0.25, -0.2) is 0 Å². The monoisotopic (exact) mass is 418 g/mol. The maximum atomic E-state index is 12.7. The molecule has 0 saturated carbocycles. The number of rotatable bonds is 6. The second-order valence-electron chi connectivity index (χ2n) is 9.90. The van der Waals surface area contributed by atoms with E-state index in [1.165, 1.54) is 0 Å². The standard InChI is InChI=1S/C28H34O3/c1-9-28(8,31-25(29)27(5,6)7)23-20-22(26(2,3)4)17-18-24(23)30-19-13-16-21-14-11-10-12-15-21/h1,10-18,20H,19H2,2-8H3/b16-13+. The van der Waals surface area contributed by atoms with E-state index in [1.807, 2.05) is 81.5 Å². The van der Waals surface area contributed by atoms with Crippen LogP contribution in [0.25, 0.3) is 6.08 Å². The lowest BCUT2D eigenvalue weighted by molar-refractivity contribution is -0.163. The van der Waals surface area contributed by atoms with Gasteiger partial charge in [0.15, 0.2) is 5.60 Å². The summed E-state index contributed by atoms with van der Waals surface area (Å²) in [4.78, 5) is 12.7. The number of benzene rings is 2. The van der Waals surface area contributed by atoms with Gasteiger partial charge in [0.25, 0.3) is 0 Å². The van der Waals surface area contributed by atoms with Crippen molar-refractivity contribution in [1.82, 2.24) is 0 Å². The maximum absolute atomic E-state index is 12.7. The molecule has 0 bridgehead atoms. The van der Waals surface area contributed by atoms with Crippen LogP contribution < -0.4 is 4.74 Å². The van der Waals surface area contributed by atoms with Crippen molar-refractivity contribution >= 4 is 12.0 Å². The van der Waals surface area contributed by atoms with Crippen LogP contribution in [-0.4, -0.2) is 12.6 Å². The second kappa shape index (κ2) is 9.43. The number of terminal acetylenes is 1. The molecule has 0 aliphatic heterocycles. The van der Waals surface area contributed by atoms with Crippen molar-refractivity contribution in [3.8, 4) is 18.1 Å². The summed E-state index contributed by atoms with van der Waals surface area (Å²) >= 11 is 0. The molecule has 0 aliphatic carbocycles. The molecule has 2 rings (SSSR count). The first-order chi connectivity index (χ1) is 14.4. The molecule has 3 heteroatoms. The van der Waals surface area contributed by atoms with Gasteiger partial charge in [0, 0.05) is 0 Å². The highest BCUT2D eigenvalue weighted by Crippen LogP contribution is 2.38. The average molecular weight is 419 g/mol. The van der Waals surface area contributed by atoms with Crippen molar-refractivity contribution in [2.24, 2.45) is 5.41 Å². The Bertz CT molecular complexity index is 966. The van der Waals surface area contributed by atoms with Gasteiger partial charge in [0.2, 0.25) is 0 Å². The lowest BCUT2D eigenvalue weighted by Crippen LogP contribution is -2.34. The van der Waals surface area contributed by atoms with Crippen molar-refractivity contribution in [3.05, 3.63) is 71.3 Å². The summed E-state index contributed by atoms with van der Waals surface area (Å²) in [6.07, 6.45) is 9.85. The highest BCUT2D eigenvalue weighted by molar-refractivity contribution is 5.76. The molecule has 0 aromatic heterocycles. The van der Waals surface area contributed by atoms with Gasteiger partial charge in [-0.1, -0.05) is 69.2 Å². The van der Waals surface area contributed by atoms with E-state index >= 15 is 0 Å². The quantitative estimate of drug-likeness (QED) is 0.396. The predicted octanol–water partition coefficient (Wildman–Crippen LogP) is 6.51. The molecule has 0 amide bonds. The van der Waals surface area contributed by atoms with Gasteiger partial charge in [-0.15, -0.1) is 6.42 Å². The summed E-state index contributed by atoms with van der Waals surface area (Å²) < 4.78 is 11.9. The summed E-state index contributed by atoms with van der Waals surface area (Å²) in [6, 6.07) is 16.0. The molecule has 0 radical (unpaired) electrons. The Morgan fingerprint density at radius 1 is 1.00 bits per heavy atom. The number of carbonyl (C=O) groups is 1. The summed E-state index contributed by atoms with van der Waals surface area (Å²) in [5.41, 5.74) is 0.853. The van der Waals surface area contributed by atoms with Gasteiger partial charge in [-0.05, 0) is 62.4 Å². The number of esters is 1. The van der Waals surface area contributed by atoms with E-state index in [0.29, 0.717) is 17.9 Å². The molecular weight excluding hydrogens is 384 g/mol. The van der Waals surface area contributed by atoms with Crippen LogP contribution in [0.15, 0.2) is 54.6 Å². The van der Waals surface area contributed by atoms with Crippen LogP contribution in [0.1, 0.15) is 65.2 Å². The SMILES string of the molecule is C#CC(C)(OC(=O)C(C)(C)C)c1cc(C(C)(C)C)ccc1OC/C=C/c1ccccc1. The van der Waals surface area contributed by atoms with Gasteiger partial charge in [-0.3, -0.25) is 4.79 Å². The van der Waals surface area contributed by atoms with E-state index in [-0.39, 0.29) is 11.4 Å². The summed E-state index contributed by atoms with van der Waals surface area (Å²) in [5, 5.41) is 0. The Kier molecular flexibility index (Phi) is 7.39. The first-order valence-corrected chi connectivity index (χ1v) is 10.6. The molecule has 2 aromatic carbocycles. The highest BCUT2D eigenvalue weighted by atomic mass is 16.6. The smallest absolute Gasteiger partial charge is 0.313 e. The molecule has 0 aliphatic rings. The van der Waals surface area contributed by atoms with Crippen LogP contribution in [0.5, 0.6) is 5.75 Å². The van der Waals surface area contributed by atoms with Crippen LogP contribution in [-0.2, 0) is 20.5 Å². The third-order valence-electron chi connectivity index (χ3n) is 4.99. The predicted molar refractivity (Wildman–Crippen MR) is 128 cm³/mol. The Morgan fingerprint density at radius 3 is 2.19 bits per heavy atom. The van der Waals surface area contributed by atoms with Gasteiger partial charge in [-0.2, -0.15) is 0 Å². The topological polar surface area (TPSA) is 35.5 Å². The fraction of sp³-hybridized carbons (Fsp3) is 0.393. The van der Waals surface area contributed by atoms with Crippen LogP contribution in [0.3, 0.4) is 0 Å². The zero-order valence-electron chi connectivity index (χ0n) is 19.8. The molecule has 31 heavy (non-hydrogen) atoms. The molecule has 0 spiro atoms. The van der Waals surface area contributed by atoms with Crippen molar-refractivity contribution < 1.29 is 14.3 Å². The lowest BCUT2D eigenvalue weighted by atomic mass is 9.83. The zero-order chi connectivity index (χ0) is 23.3. The summed E-state index contributed by atoms with van der Waals surface area (Å²) in [6.45, 7) is 13.9. The molecule has 3 nitrogen and oxygen atoms in total. The van der Waals surface area contributed by atoms with Gasteiger partial charge >= 0.3 is 5.97 Å². The van der Waals surface area contributed by atoms with Crippen LogP contribution in [0.4, 0.5) is 0 Å². The van der Waals surface area contributed by atoms with Crippen LogP contribution in [0.2, 0.25) is 0 Å². The zero-order valence-corrected chi connectivity index (χ0v) is 19.8. The molecule has 164 valence electrons. The largest absolute Gasteiger partial charge is 0.489 e. The fourth-order valence-electron chi connectivity index (χ4n) is 2.88. The van der Waals surface area contributed by atoms with E-state index < -0.39 is 11.0 Å². The molecule has 0 saturated heterocycles. The third kappa shape index (κ3) is 6.49. The van der Waals surface area contributed by atoms with Crippen molar-refractivity contribution in [1.29, 1.82) is 0 Å². The van der Waals surface area contributed by atoms with Crippen molar-refractivity contribution in [2.45, 2.75) is 59.5 Å². The molecule has 0 N–H and O–H groups in total. The first-order valence-electron chi connectivity index (χ1n) is 10.6. The highest BCUT2D eigenvalue weighted by Gasteiger charge is 2.37. The minimum absolute atomic E-state index is 0.0932. The minimum Gasteiger partial charge on any atom is -0.489 e. The molecule has 1 unspecified atom stereocenters.